The van der Waals surface area contributed by atoms with Gasteiger partial charge in [0.2, 0.25) is 0 Å². The van der Waals surface area contributed by atoms with E-state index in [1.54, 1.807) is 43.3 Å². The predicted molar refractivity (Wildman–Crippen MR) is 111 cm³/mol. The van der Waals surface area contributed by atoms with Crippen molar-refractivity contribution < 1.29 is 18.7 Å². The van der Waals surface area contributed by atoms with E-state index in [9.17, 15) is 14.0 Å². The molecule has 6 heteroatoms. The van der Waals surface area contributed by atoms with Gasteiger partial charge in [-0.15, -0.1) is 0 Å². The molecule has 0 aliphatic heterocycles. The summed E-state index contributed by atoms with van der Waals surface area (Å²) in [5.41, 5.74) is 0.827. The van der Waals surface area contributed by atoms with E-state index in [-0.39, 0.29) is 17.7 Å². The number of anilines is 1. The maximum absolute atomic E-state index is 13.9. The number of hydrogen-bond donors (Lipinski definition) is 2. The monoisotopic (exact) mass is 398 g/mol. The van der Waals surface area contributed by atoms with Gasteiger partial charge < -0.3 is 15.4 Å². The number of benzene rings is 2. The van der Waals surface area contributed by atoms with E-state index in [4.69, 9.17) is 4.74 Å². The molecule has 154 valence electrons. The summed E-state index contributed by atoms with van der Waals surface area (Å²) in [6.07, 6.45) is 4.89. The van der Waals surface area contributed by atoms with Gasteiger partial charge in [-0.3, -0.25) is 9.59 Å². The van der Waals surface area contributed by atoms with Crippen LogP contribution in [-0.4, -0.2) is 24.0 Å². The quantitative estimate of drug-likeness (QED) is 0.711. The zero-order valence-corrected chi connectivity index (χ0v) is 16.6. The van der Waals surface area contributed by atoms with Gasteiger partial charge >= 0.3 is 0 Å². The van der Waals surface area contributed by atoms with Gasteiger partial charge in [-0.2, -0.15) is 0 Å². The van der Waals surface area contributed by atoms with Crippen LogP contribution in [0.3, 0.4) is 0 Å². The zero-order valence-electron chi connectivity index (χ0n) is 16.6. The molecule has 2 N–H and O–H groups in total. The molecule has 0 heterocycles. The molecule has 0 spiro atoms. The Kier molecular flexibility index (Phi) is 7.22. The van der Waals surface area contributed by atoms with Crippen LogP contribution >= 0.6 is 0 Å². The number of hydrogen-bond acceptors (Lipinski definition) is 3. The largest absolute Gasteiger partial charge is 0.478 e. The third-order valence-corrected chi connectivity index (χ3v) is 5.14. The number of nitrogens with one attached hydrogen (secondary N) is 2. The number of halogens is 1. The molecule has 1 saturated carbocycles. The van der Waals surface area contributed by atoms with Crippen LogP contribution in [0.4, 0.5) is 10.1 Å². The molecule has 1 aliphatic rings. The highest BCUT2D eigenvalue weighted by Crippen LogP contribution is 2.22. The highest BCUT2D eigenvalue weighted by atomic mass is 19.1. The topological polar surface area (TPSA) is 67.4 Å². The molecule has 0 bridgehead atoms. The van der Waals surface area contributed by atoms with Crippen molar-refractivity contribution in [3.8, 4) is 5.75 Å². The molecule has 2 amide bonds. The van der Waals surface area contributed by atoms with E-state index in [1.807, 2.05) is 0 Å². The number of carbonyl (C=O) groups excluding carboxylic acids is 2. The fourth-order valence-electron chi connectivity index (χ4n) is 3.53. The van der Waals surface area contributed by atoms with Crippen LogP contribution in [0.25, 0.3) is 0 Å². The van der Waals surface area contributed by atoms with Crippen LogP contribution in [-0.2, 0) is 4.79 Å². The van der Waals surface area contributed by atoms with Crippen molar-refractivity contribution in [2.45, 2.75) is 57.6 Å². The van der Waals surface area contributed by atoms with Crippen molar-refractivity contribution in [3.05, 3.63) is 59.9 Å². The lowest BCUT2D eigenvalue weighted by molar-refractivity contribution is -0.122. The van der Waals surface area contributed by atoms with Crippen LogP contribution in [0.15, 0.2) is 48.5 Å². The first kappa shape index (κ1) is 20.8. The standard InChI is InChI=1S/C23H27FN2O3/c1-2-20(29-21-15-9-7-13-18(21)24)23(28)26-19-14-8-6-12-17(19)22(27)25-16-10-4-3-5-11-16/h6-9,12-16,20H,2-5,10-11H2,1H3,(H,25,27)(H,26,28)/t20-/m0/s1. The highest BCUT2D eigenvalue weighted by molar-refractivity contribution is 6.04. The first-order valence-electron chi connectivity index (χ1n) is 10.2. The van der Waals surface area contributed by atoms with Gasteiger partial charge in [0.15, 0.2) is 17.7 Å². The maximum Gasteiger partial charge on any atom is 0.265 e. The number of ether oxygens (including phenoxy) is 1. The third-order valence-electron chi connectivity index (χ3n) is 5.14. The molecule has 5 nitrogen and oxygen atoms in total. The normalized spacial score (nSPS) is 15.4. The van der Waals surface area contributed by atoms with Gasteiger partial charge in [0.25, 0.3) is 11.8 Å². The Bertz CT molecular complexity index is 850. The Hall–Kier alpha value is -2.89. The number of carbonyl (C=O) groups is 2. The lowest BCUT2D eigenvalue weighted by Gasteiger charge is -2.23. The average Bonchev–Trinajstić information content (AvgIpc) is 2.74. The van der Waals surface area contributed by atoms with Crippen molar-refractivity contribution in [2.75, 3.05) is 5.32 Å². The summed E-state index contributed by atoms with van der Waals surface area (Å²) in [4.78, 5) is 25.5. The summed E-state index contributed by atoms with van der Waals surface area (Å²) in [6.45, 7) is 1.78. The molecular formula is C23H27FN2O3. The molecule has 2 aromatic carbocycles. The number of amides is 2. The number of para-hydroxylation sites is 2. The minimum Gasteiger partial charge on any atom is -0.478 e. The van der Waals surface area contributed by atoms with Gasteiger partial charge in [-0.05, 0) is 43.5 Å². The Morgan fingerprint density at radius 1 is 1.07 bits per heavy atom. The first-order chi connectivity index (χ1) is 14.1. The molecular weight excluding hydrogens is 371 g/mol. The Labute approximate surface area is 170 Å². The fraction of sp³-hybridized carbons (Fsp3) is 0.391. The average molecular weight is 398 g/mol. The number of rotatable bonds is 7. The lowest BCUT2D eigenvalue weighted by atomic mass is 9.95. The summed E-state index contributed by atoms with van der Waals surface area (Å²) < 4.78 is 19.4. The highest BCUT2D eigenvalue weighted by Gasteiger charge is 2.23. The van der Waals surface area contributed by atoms with E-state index >= 15 is 0 Å². The van der Waals surface area contributed by atoms with E-state index in [1.165, 1.54) is 18.6 Å². The molecule has 3 rings (SSSR count). The summed E-state index contributed by atoms with van der Waals surface area (Å²) in [5, 5.41) is 5.84. The van der Waals surface area contributed by atoms with Crippen LogP contribution < -0.4 is 15.4 Å². The van der Waals surface area contributed by atoms with Crippen molar-refractivity contribution >= 4 is 17.5 Å². The van der Waals surface area contributed by atoms with Gasteiger partial charge in [-0.1, -0.05) is 50.5 Å². The third kappa shape index (κ3) is 5.56. The van der Waals surface area contributed by atoms with Crippen molar-refractivity contribution in [3.63, 3.8) is 0 Å². The van der Waals surface area contributed by atoms with E-state index in [0.717, 1.165) is 25.7 Å². The summed E-state index contributed by atoms with van der Waals surface area (Å²) in [6, 6.07) is 13.0. The summed E-state index contributed by atoms with van der Waals surface area (Å²) >= 11 is 0. The van der Waals surface area contributed by atoms with Crippen LogP contribution in [0.2, 0.25) is 0 Å². The first-order valence-corrected chi connectivity index (χ1v) is 10.2. The molecule has 0 radical (unpaired) electrons. The van der Waals surface area contributed by atoms with Crippen LogP contribution in [0.5, 0.6) is 5.75 Å². The van der Waals surface area contributed by atoms with Gasteiger partial charge in [0.05, 0.1) is 11.3 Å². The van der Waals surface area contributed by atoms with E-state index in [2.05, 4.69) is 10.6 Å². The Morgan fingerprint density at radius 3 is 2.48 bits per heavy atom. The molecule has 1 aliphatic carbocycles. The van der Waals surface area contributed by atoms with Crippen molar-refractivity contribution in [1.29, 1.82) is 0 Å². The van der Waals surface area contributed by atoms with E-state index < -0.39 is 17.8 Å². The van der Waals surface area contributed by atoms with Gasteiger partial charge in [0, 0.05) is 6.04 Å². The van der Waals surface area contributed by atoms with Crippen molar-refractivity contribution in [2.24, 2.45) is 0 Å². The Morgan fingerprint density at radius 2 is 1.76 bits per heavy atom. The second-order valence-corrected chi connectivity index (χ2v) is 7.29. The second-order valence-electron chi connectivity index (χ2n) is 7.29. The molecule has 0 unspecified atom stereocenters. The molecule has 1 fully saturated rings. The minimum absolute atomic E-state index is 0.0258. The van der Waals surface area contributed by atoms with Gasteiger partial charge in [0.1, 0.15) is 0 Å². The molecule has 1 atom stereocenters. The molecule has 0 aromatic heterocycles. The summed E-state index contributed by atoms with van der Waals surface area (Å²) in [5.74, 6) is -1.12. The second kappa shape index (κ2) is 10.0. The van der Waals surface area contributed by atoms with Gasteiger partial charge in [-0.25, -0.2) is 4.39 Å². The maximum atomic E-state index is 13.9. The van der Waals surface area contributed by atoms with E-state index in [0.29, 0.717) is 17.7 Å². The Balaban J connectivity index is 1.69. The zero-order chi connectivity index (χ0) is 20.6. The fourth-order valence-corrected chi connectivity index (χ4v) is 3.53. The minimum atomic E-state index is -0.874. The van der Waals surface area contributed by atoms with Crippen LogP contribution in [0, 0.1) is 5.82 Å². The summed E-state index contributed by atoms with van der Waals surface area (Å²) in [7, 11) is 0. The SMILES string of the molecule is CC[C@H](Oc1ccccc1F)C(=O)Nc1ccccc1C(=O)NC1CCCCC1. The smallest absolute Gasteiger partial charge is 0.265 e. The van der Waals surface area contributed by atoms with Crippen LogP contribution in [0.1, 0.15) is 55.8 Å². The molecule has 0 saturated heterocycles. The molecule has 2 aromatic rings. The molecule has 29 heavy (non-hydrogen) atoms. The predicted octanol–water partition coefficient (Wildman–Crippen LogP) is 4.68. The van der Waals surface area contributed by atoms with Crippen molar-refractivity contribution in [1.82, 2.24) is 5.32 Å². The lowest BCUT2D eigenvalue weighted by Crippen LogP contribution is -2.37.